The van der Waals surface area contributed by atoms with E-state index in [2.05, 4.69) is 5.32 Å². The topological polar surface area (TPSA) is 96.0 Å². The van der Waals surface area contributed by atoms with E-state index in [0.717, 1.165) is 5.56 Å². The highest BCUT2D eigenvalue weighted by Gasteiger charge is 2.22. The third-order valence-corrected chi connectivity index (χ3v) is 3.16. The number of carbonyl (C=O) groups excluding carboxylic acids is 1. The van der Waals surface area contributed by atoms with Crippen molar-refractivity contribution in [3.63, 3.8) is 0 Å². The molecule has 1 amide bonds. The normalized spacial score (nSPS) is 9.82. The molecule has 6 heteroatoms. The van der Waals surface area contributed by atoms with Crippen LogP contribution in [0.1, 0.15) is 21.5 Å². The smallest absolute Gasteiger partial charge is 0.285 e. The minimum atomic E-state index is -0.555. The van der Waals surface area contributed by atoms with E-state index in [1.807, 2.05) is 6.07 Å². The molecule has 0 saturated heterocycles. The van der Waals surface area contributed by atoms with E-state index in [-0.39, 0.29) is 17.7 Å². The molecule has 22 heavy (non-hydrogen) atoms. The van der Waals surface area contributed by atoms with Gasteiger partial charge in [0, 0.05) is 11.3 Å². The van der Waals surface area contributed by atoms with E-state index in [4.69, 9.17) is 5.26 Å². The zero-order valence-corrected chi connectivity index (χ0v) is 11.9. The predicted octanol–water partition coefficient (Wildman–Crippen LogP) is 3.22. The quantitative estimate of drug-likeness (QED) is 0.691. The molecule has 2 aromatic carbocycles. The highest BCUT2D eigenvalue weighted by Crippen LogP contribution is 2.24. The van der Waals surface area contributed by atoms with Gasteiger partial charge in [0.2, 0.25) is 0 Å². The summed E-state index contributed by atoms with van der Waals surface area (Å²) >= 11 is 0. The SMILES string of the molecule is Cc1cccc(C(=O)Nc2ccc(CC#N)cc2)c1[N+](=O)[O-]. The summed E-state index contributed by atoms with van der Waals surface area (Å²) in [6, 6.07) is 13.4. The number of hydrogen-bond acceptors (Lipinski definition) is 4. The second-order valence-corrected chi connectivity index (χ2v) is 4.71. The van der Waals surface area contributed by atoms with E-state index < -0.39 is 10.8 Å². The zero-order valence-electron chi connectivity index (χ0n) is 11.9. The summed E-state index contributed by atoms with van der Waals surface area (Å²) in [5, 5.41) is 22.3. The van der Waals surface area contributed by atoms with Crippen LogP contribution in [0.25, 0.3) is 0 Å². The number of nitriles is 1. The van der Waals surface area contributed by atoms with Gasteiger partial charge in [-0.15, -0.1) is 0 Å². The van der Waals surface area contributed by atoms with Gasteiger partial charge in [0.15, 0.2) is 0 Å². The monoisotopic (exact) mass is 295 g/mol. The molecule has 0 heterocycles. The van der Waals surface area contributed by atoms with Gasteiger partial charge in [0.25, 0.3) is 11.6 Å². The molecule has 0 unspecified atom stereocenters. The Labute approximate surface area is 127 Å². The largest absolute Gasteiger partial charge is 0.322 e. The van der Waals surface area contributed by atoms with Crippen LogP contribution < -0.4 is 5.32 Å². The number of benzene rings is 2. The number of rotatable bonds is 4. The van der Waals surface area contributed by atoms with E-state index in [0.29, 0.717) is 11.3 Å². The second kappa shape index (κ2) is 6.50. The highest BCUT2D eigenvalue weighted by atomic mass is 16.6. The third kappa shape index (κ3) is 3.27. The van der Waals surface area contributed by atoms with Gasteiger partial charge in [-0.2, -0.15) is 5.26 Å². The fraction of sp³-hybridized carbons (Fsp3) is 0.125. The van der Waals surface area contributed by atoms with Crippen LogP contribution in [-0.2, 0) is 6.42 Å². The van der Waals surface area contributed by atoms with Crippen LogP contribution in [-0.4, -0.2) is 10.8 Å². The van der Waals surface area contributed by atoms with Crippen LogP contribution in [0.4, 0.5) is 11.4 Å². The summed E-state index contributed by atoms with van der Waals surface area (Å²) in [5.41, 5.74) is 1.61. The van der Waals surface area contributed by atoms with Crippen molar-refractivity contribution >= 4 is 17.3 Å². The van der Waals surface area contributed by atoms with Gasteiger partial charge in [0.1, 0.15) is 5.56 Å². The van der Waals surface area contributed by atoms with Crippen LogP contribution in [0.5, 0.6) is 0 Å². The van der Waals surface area contributed by atoms with Gasteiger partial charge in [-0.1, -0.05) is 24.3 Å². The average Bonchev–Trinajstić information content (AvgIpc) is 2.49. The molecule has 0 spiro atoms. The standard InChI is InChI=1S/C16H13N3O3/c1-11-3-2-4-14(15(11)19(21)22)16(20)18-13-7-5-12(6-8-13)9-10-17/h2-8H,9H2,1H3,(H,18,20). The van der Waals surface area contributed by atoms with Crippen LogP contribution >= 0.6 is 0 Å². The summed E-state index contributed by atoms with van der Waals surface area (Å²) in [6.07, 6.45) is 0.289. The number of amides is 1. The molecule has 6 nitrogen and oxygen atoms in total. The van der Waals surface area contributed by atoms with Gasteiger partial charge in [-0.05, 0) is 30.7 Å². The summed E-state index contributed by atoms with van der Waals surface area (Å²) < 4.78 is 0. The first-order valence-corrected chi connectivity index (χ1v) is 6.54. The van der Waals surface area contributed by atoms with Crippen LogP contribution in [0, 0.1) is 28.4 Å². The fourth-order valence-electron chi connectivity index (χ4n) is 2.08. The number of aryl methyl sites for hydroxylation is 1. The van der Waals surface area contributed by atoms with Crippen molar-refractivity contribution in [3.05, 3.63) is 69.3 Å². The highest BCUT2D eigenvalue weighted by molar-refractivity contribution is 6.07. The van der Waals surface area contributed by atoms with Gasteiger partial charge in [-0.25, -0.2) is 0 Å². The van der Waals surface area contributed by atoms with Crippen molar-refractivity contribution in [2.24, 2.45) is 0 Å². The lowest BCUT2D eigenvalue weighted by atomic mass is 10.1. The maximum Gasteiger partial charge on any atom is 0.285 e. The van der Waals surface area contributed by atoms with Gasteiger partial charge < -0.3 is 5.32 Å². The van der Waals surface area contributed by atoms with Crippen molar-refractivity contribution in [1.82, 2.24) is 0 Å². The Morgan fingerprint density at radius 2 is 1.95 bits per heavy atom. The molecule has 0 fully saturated rings. The van der Waals surface area contributed by atoms with E-state index >= 15 is 0 Å². The first-order chi connectivity index (χ1) is 10.5. The zero-order chi connectivity index (χ0) is 16.1. The molecule has 0 radical (unpaired) electrons. The van der Waals surface area contributed by atoms with Crippen molar-refractivity contribution in [2.45, 2.75) is 13.3 Å². The Balaban J connectivity index is 2.25. The summed E-state index contributed by atoms with van der Waals surface area (Å²) in [5.74, 6) is -0.538. The molecule has 1 N–H and O–H groups in total. The van der Waals surface area contributed by atoms with E-state index in [1.54, 1.807) is 43.3 Å². The first kappa shape index (κ1) is 15.2. The minimum absolute atomic E-state index is 0.0195. The predicted molar refractivity (Wildman–Crippen MR) is 81.5 cm³/mol. The number of anilines is 1. The van der Waals surface area contributed by atoms with Crippen LogP contribution in [0.2, 0.25) is 0 Å². The molecule has 0 aliphatic carbocycles. The number of nitrogens with zero attached hydrogens (tertiary/aromatic N) is 2. The summed E-state index contributed by atoms with van der Waals surface area (Å²) in [4.78, 5) is 22.8. The minimum Gasteiger partial charge on any atom is -0.322 e. The summed E-state index contributed by atoms with van der Waals surface area (Å²) in [7, 11) is 0. The number of hydrogen-bond donors (Lipinski definition) is 1. The molecule has 2 aromatic rings. The Bertz CT molecular complexity index is 761. The molecule has 0 aliphatic rings. The fourth-order valence-corrected chi connectivity index (χ4v) is 2.08. The molecule has 0 aromatic heterocycles. The van der Waals surface area contributed by atoms with E-state index in [1.165, 1.54) is 6.07 Å². The average molecular weight is 295 g/mol. The second-order valence-electron chi connectivity index (χ2n) is 4.71. The Morgan fingerprint density at radius 3 is 2.55 bits per heavy atom. The number of nitro groups is 1. The molecular weight excluding hydrogens is 282 g/mol. The van der Waals surface area contributed by atoms with Gasteiger partial charge in [-0.3, -0.25) is 14.9 Å². The van der Waals surface area contributed by atoms with E-state index in [9.17, 15) is 14.9 Å². The number of nitro benzene ring substituents is 1. The van der Waals surface area contributed by atoms with Crippen molar-refractivity contribution in [2.75, 3.05) is 5.32 Å². The van der Waals surface area contributed by atoms with Crippen LogP contribution in [0.15, 0.2) is 42.5 Å². The Hall–Kier alpha value is -3.20. The van der Waals surface area contributed by atoms with Crippen molar-refractivity contribution in [3.8, 4) is 6.07 Å². The third-order valence-electron chi connectivity index (χ3n) is 3.16. The maximum atomic E-state index is 12.2. The van der Waals surface area contributed by atoms with Crippen molar-refractivity contribution in [1.29, 1.82) is 5.26 Å². The Kier molecular flexibility index (Phi) is 4.49. The lowest BCUT2D eigenvalue weighted by Crippen LogP contribution is -2.14. The number of para-hydroxylation sites is 1. The summed E-state index contributed by atoms with van der Waals surface area (Å²) in [6.45, 7) is 1.59. The van der Waals surface area contributed by atoms with Gasteiger partial charge in [0.05, 0.1) is 17.4 Å². The lowest BCUT2D eigenvalue weighted by Gasteiger charge is -2.07. The molecule has 0 aliphatic heterocycles. The van der Waals surface area contributed by atoms with Crippen LogP contribution in [0.3, 0.4) is 0 Å². The number of nitrogens with one attached hydrogen (secondary N) is 1. The molecule has 0 saturated carbocycles. The molecule has 2 rings (SSSR count). The van der Waals surface area contributed by atoms with Crippen molar-refractivity contribution < 1.29 is 9.72 Å². The molecule has 110 valence electrons. The lowest BCUT2D eigenvalue weighted by molar-refractivity contribution is -0.385. The Morgan fingerprint density at radius 1 is 1.27 bits per heavy atom. The van der Waals surface area contributed by atoms with Gasteiger partial charge >= 0.3 is 0 Å². The molecule has 0 atom stereocenters. The first-order valence-electron chi connectivity index (χ1n) is 6.54. The number of carbonyl (C=O) groups is 1. The molecule has 0 bridgehead atoms. The molecular formula is C16H13N3O3. The maximum absolute atomic E-state index is 12.2.